The molecule has 14 heavy (non-hydrogen) atoms. The van der Waals surface area contributed by atoms with Gasteiger partial charge in [-0.15, -0.1) is 12.3 Å². The summed E-state index contributed by atoms with van der Waals surface area (Å²) in [6.45, 7) is 2.54. The van der Waals surface area contributed by atoms with Gasteiger partial charge in [-0.3, -0.25) is 4.79 Å². The Morgan fingerprint density at radius 1 is 1.29 bits per heavy atom. The van der Waals surface area contributed by atoms with Crippen molar-refractivity contribution in [3.8, 4) is 12.3 Å². The van der Waals surface area contributed by atoms with Crippen molar-refractivity contribution in [2.45, 2.75) is 51.9 Å². The first-order chi connectivity index (χ1) is 6.81. The van der Waals surface area contributed by atoms with Gasteiger partial charge in [0.15, 0.2) is 0 Å². The van der Waals surface area contributed by atoms with Gasteiger partial charge in [-0.1, -0.05) is 32.6 Å². The number of unbranched alkanes of at least 4 members (excludes halogenated alkanes) is 4. The lowest BCUT2D eigenvalue weighted by atomic mass is 10.1. The predicted molar refractivity (Wildman–Crippen MR) is 57.8 cm³/mol. The van der Waals surface area contributed by atoms with Crippen molar-refractivity contribution in [1.29, 1.82) is 0 Å². The summed E-state index contributed by atoms with van der Waals surface area (Å²) >= 11 is 0. The maximum Gasteiger partial charge on any atom is 0.305 e. The van der Waals surface area contributed by atoms with Gasteiger partial charge < -0.3 is 4.74 Å². The van der Waals surface area contributed by atoms with E-state index in [0.29, 0.717) is 19.4 Å². The van der Waals surface area contributed by atoms with Crippen LogP contribution in [-0.4, -0.2) is 12.6 Å². The number of ether oxygens (including phenoxy) is 1. The molecule has 2 heteroatoms. The van der Waals surface area contributed by atoms with E-state index in [2.05, 4.69) is 12.8 Å². The molecule has 0 atom stereocenters. The molecule has 0 aliphatic carbocycles. The van der Waals surface area contributed by atoms with Gasteiger partial charge in [-0.05, 0) is 6.42 Å². The number of carbonyl (C=O) groups excluding carboxylic acids is 1. The molecule has 0 fully saturated rings. The van der Waals surface area contributed by atoms with Crippen molar-refractivity contribution in [3.63, 3.8) is 0 Å². The average molecular weight is 196 g/mol. The second kappa shape index (κ2) is 10.1. The number of hydrogen-bond donors (Lipinski definition) is 0. The molecule has 0 unspecified atom stereocenters. The zero-order valence-corrected chi connectivity index (χ0v) is 9.05. The van der Waals surface area contributed by atoms with Crippen LogP contribution in [0, 0.1) is 12.3 Å². The number of rotatable bonds is 8. The fourth-order valence-corrected chi connectivity index (χ4v) is 1.17. The van der Waals surface area contributed by atoms with Gasteiger partial charge in [0.1, 0.15) is 6.61 Å². The summed E-state index contributed by atoms with van der Waals surface area (Å²) < 4.78 is 4.91. The van der Waals surface area contributed by atoms with Crippen LogP contribution in [0.1, 0.15) is 51.9 Å². The lowest BCUT2D eigenvalue weighted by Crippen LogP contribution is -2.04. The molecule has 0 amide bonds. The molecular formula is C12H20O2. The zero-order valence-electron chi connectivity index (χ0n) is 9.05. The summed E-state index contributed by atoms with van der Waals surface area (Å²) in [5, 5.41) is 0. The molecule has 0 spiro atoms. The van der Waals surface area contributed by atoms with Crippen molar-refractivity contribution < 1.29 is 9.53 Å². The fraction of sp³-hybridized carbons (Fsp3) is 0.750. The van der Waals surface area contributed by atoms with E-state index in [1.807, 2.05) is 0 Å². The van der Waals surface area contributed by atoms with Crippen LogP contribution < -0.4 is 0 Å². The zero-order chi connectivity index (χ0) is 10.6. The molecule has 0 aliphatic rings. The van der Waals surface area contributed by atoms with Gasteiger partial charge in [0.25, 0.3) is 0 Å². The van der Waals surface area contributed by atoms with Crippen LogP contribution in [0.25, 0.3) is 0 Å². The Labute approximate surface area is 87.0 Å². The summed E-state index contributed by atoms with van der Waals surface area (Å²) in [6.07, 6.45) is 11.8. The van der Waals surface area contributed by atoms with E-state index in [0.717, 1.165) is 12.8 Å². The summed E-state index contributed by atoms with van der Waals surface area (Å²) in [5.74, 6) is 2.32. The highest BCUT2D eigenvalue weighted by Gasteiger charge is 2.00. The summed E-state index contributed by atoms with van der Waals surface area (Å²) in [7, 11) is 0. The number of esters is 1. The predicted octanol–water partition coefficient (Wildman–Crippen LogP) is 2.91. The molecule has 0 saturated heterocycles. The molecular weight excluding hydrogens is 176 g/mol. The quantitative estimate of drug-likeness (QED) is 0.339. The van der Waals surface area contributed by atoms with Crippen LogP contribution in [0.2, 0.25) is 0 Å². The molecule has 0 N–H and O–H groups in total. The van der Waals surface area contributed by atoms with Crippen LogP contribution in [0.5, 0.6) is 0 Å². The Hall–Kier alpha value is -0.970. The second-order valence-corrected chi connectivity index (χ2v) is 3.34. The van der Waals surface area contributed by atoms with Gasteiger partial charge in [0.05, 0.1) is 0 Å². The van der Waals surface area contributed by atoms with Crippen molar-refractivity contribution in [3.05, 3.63) is 0 Å². The SMILES string of the molecule is C#CCCOC(=O)CCCCCCC. The highest BCUT2D eigenvalue weighted by molar-refractivity contribution is 5.69. The Morgan fingerprint density at radius 3 is 2.64 bits per heavy atom. The normalized spacial score (nSPS) is 9.43. The maximum atomic E-state index is 11.1. The minimum atomic E-state index is -0.114. The van der Waals surface area contributed by atoms with Gasteiger partial charge in [-0.2, -0.15) is 0 Å². The molecule has 0 radical (unpaired) electrons. The van der Waals surface area contributed by atoms with Crippen molar-refractivity contribution >= 4 is 5.97 Å². The molecule has 2 nitrogen and oxygen atoms in total. The monoisotopic (exact) mass is 196 g/mol. The van der Waals surface area contributed by atoms with Gasteiger partial charge >= 0.3 is 5.97 Å². The van der Waals surface area contributed by atoms with E-state index in [4.69, 9.17) is 11.2 Å². The third-order valence-corrected chi connectivity index (χ3v) is 1.99. The minimum Gasteiger partial charge on any atom is -0.465 e. The van der Waals surface area contributed by atoms with Gasteiger partial charge in [0.2, 0.25) is 0 Å². The molecule has 0 heterocycles. The largest absolute Gasteiger partial charge is 0.465 e. The van der Waals surface area contributed by atoms with Crippen molar-refractivity contribution in [2.24, 2.45) is 0 Å². The lowest BCUT2D eigenvalue weighted by Gasteiger charge is -2.02. The molecule has 0 aromatic rings. The molecule has 0 aromatic heterocycles. The van der Waals surface area contributed by atoms with E-state index >= 15 is 0 Å². The van der Waals surface area contributed by atoms with E-state index in [9.17, 15) is 4.79 Å². The van der Waals surface area contributed by atoms with E-state index in [-0.39, 0.29) is 5.97 Å². The van der Waals surface area contributed by atoms with Crippen LogP contribution in [0.15, 0.2) is 0 Å². The Kier molecular flexibility index (Phi) is 9.41. The number of terminal acetylenes is 1. The van der Waals surface area contributed by atoms with E-state index in [1.54, 1.807) is 0 Å². The Morgan fingerprint density at radius 2 is 2.00 bits per heavy atom. The summed E-state index contributed by atoms with van der Waals surface area (Å²) in [4.78, 5) is 11.1. The minimum absolute atomic E-state index is 0.114. The van der Waals surface area contributed by atoms with Crippen molar-refractivity contribution in [1.82, 2.24) is 0 Å². The molecule has 0 saturated carbocycles. The molecule has 0 bridgehead atoms. The highest BCUT2D eigenvalue weighted by Crippen LogP contribution is 2.05. The topological polar surface area (TPSA) is 26.3 Å². The highest BCUT2D eigenvalue weighted by atomic mass is 16.5. The van der Waals surface area contributed by atoms with Crippen molar-refractivity contribution in [2.75, 3.05) is 6.61 Å². The summed E-state index contributed by atoms with van der Waals surface area (Å²) in [5.41, 5.74) is 0. The van der Waals surface area contributed by atoms with E-state index in [1.165, 1.54) is 19.3 Å². The smallest absolute Gasteiger partial charge is 0.305 e. The number of carbonyl (C=O) groups is 1. The Bertz CT molecular complexity index is 179. The van der Waals surface area contributed by atoms with Gasteiger partial charge in [-0.25, -0.2) is 0 Å². The lowest BCUT2D eigenvalue weighted by molar-refractivity contribution is -0.143. The first-order valence-corrected chi connectivity index (χ1v) is 5.40. The third kappa shape index (κ3) is 9.12. The Balaban J connectivity index is 3.15. The molecule has 0 aromatic carbocycles. The standard InChI is InChI=1S/C12H20O2/c1-3-5-7-8-9-10-12(13)14-11-6-4-2/h2H,3,5-11H2,1H3. The van der Waals surface area contributed by atoms with Crippen LogP contribution in [-0.2, 0) is 9.53 Å². The van der Waals surface area contributed by atoms with Crippen LogP contribution >= 0.6 is 0 Å². The first kappa shape index (κ1) is 13.0. The summed E-state index contributed by atoms with van der Waals surface area (Å²) in [6, 6.07) is 0. The van der Waals surface area contributed by atoms with Crippen LogP contribution in [0.4, 0.5) is 0 Å². The molecule has 0 rings (SSSR count). The number of hydrogen-bond acceptors (Lipinski definition) is 2. The second-order valence-electron chi connectivity index (χ2n) is 3.34. The third-order valence-electron chi connectivity index (χ3n) is 1.99. The maximum absolute atomic E-state index is 11.1. The van der Waals surface area contributed by atoms with Gasteiger partial charge in [0, 0.05) is 12.8 Å². The fourth-order valence-electron chi connectivity index (χ4n) is 1.17. The first-order valence-electron chi connectivity index (χ1n) is 5.40. The van der Waals surface area contributed by atoms with Crippen LogP contribution in [0.3, 0.4) is 0 Å². The molecule has 0 aliphatic heterocycles. The average Bonchev–Trinajstić information content (AvgIpc) is 2.18. The van der Waals surface area contributed by atoms with E-state index < -0.39 is 0 Å². The molecule has 80 valence electrons.